The second kappa shape index (κ2) is 17.5. The van der Waals surface area contributed by atoms with E-state index in [2.05, 4.69) is 29.8 Å². The summed E-state index contributed by atoms with van der Waals surface area (Å²) in [7, 11) is 3.77. The molecule has 0 saturated carbocycles. The highest BCUT2D eigenvalue weighted by Gasteiger charge is 2.09. The lowest BCUT2D eigenvalue weighted by Crippen LogP contribution is -2.25. The standard InChI is InChI=1S/C34H46FN5O3/c1-6-7-8-9-10-11-23-42-31-19-17-30(18-20-31)40(5)38-33-21-14-28(25-32(33)35)37-36-27-12-15-29(16-13-27)39(4)22-24-43-34(41)26(2)3/h12-21,25,36-38H,2,6-11,22-24H2,1,3-5H3. The topological polar surface area (TPSA) is 78.1 Å². The number of anilines is 5. The quantitative estimate of drug-likeness (QED) is 0.0560. The fourth-order valence-corrected chi connectivity index (χ4v) is 4.24. The number of hydrogen-bond acceptors (Lipinski definition) is 8. The first kappa shape index (κ1) is 33.1. The van der Waals surface area contributed by atoms with E-state index in [0.29, 0.717) is 23.5 Å². The van der Waals surface area contributed by atoms with Gasteiger partial charge in [-0.2, -0.15) is 0 Å². The third kappa shape index (κ3) is 11.4. The molecule has 0 saturated heterocycles. The average molecular weight is 592 g/mol. The molecule has 0 heterocycles. The minimum Gasteiger partial charge on any atom is -0.494 e. The molecule has 43 heavy (non-hydrogen) atoms. The largest absolute Gasteiger partial charge is 0.494 e. The number of benzene rings is 3. The zero-order valence-corrected chi connectivity index (χ0v) is 25.9. The van der Waals surface area contributed by atoms with E-state index < -0.39 is 0 Å². The van der Waals surface area contributed by atoms with Crippen molar-refractivity contribution in [2.24, 2.45) is 0 Å². The lowest BCUT2D eigenvalue weighted by molar-refractivity contribution is -0.138. The van der Waals surface area contributed by atoms with Gasteiger partial charge in [0.25, 0.3) is 0 Å². The van der Waals surface area contributed by atoms with Gasteiger partial charge in [-0.1, -0.05) is 45.6 Å². The van der Waals surface area contributed by atoms with Crippen LogP contribution in [0.25, 0.3) is 0 Å². The summed E-state index contributed by atoms with van der Waals surface area (Å²) >= 11 is 0. The van der Waals surface area contributed by atoms with E-state index in [9.17, 15) is 9.18 Å². The molecule has 0 fully saturated rings. The van der Waals surface area contributed by atoms with Gasteiger partial charge in [-0.25, -0.2) is 9.18 Å². The van der Waals surface area contributed by atoms with Gasteiger partial charge in [0, 0.05) is 31.4 Å². The monoisotopic (exact) mass is 591 g/mol. The van der Waals surface area contributed by atoms with Crippen molar-refractivity contribution in [1.29, 1.82) is 0 Å². The van der Waals surface area contributed by atoms with Crippen molar-refractivity contribution in [2.75, 3.05) is 60.0 Å². The van der Waals surface area contributed by atoms with E-state index in [-0.39, 0.29) is 18.4 Å². The number of hydrogen-bond donors (Lipinski definition) is 3. The van der Waals surface area contributed by atoms with Gasteiger partial charge in [-0.15, -0.1) is 0 Å². The number of rotatable bonds is 19. The second-order valence-corrected chi connectivity index (χ2v) is 10.6. The molecule has 3 aromatic rings. The summed E-state index contributed by atoms with van der Waals surface area (Å²) in [6.07, 6.45) is 7.40. The third-order valence-electron chi connectivity index (χ3n) is 6.92. The number of hydrazine groups is 2. The van der Waals surface area contributed by atoms with Crippen molar-refractivity contribution in [3.8, 4) is 5.75 Å². The van der Waals surface area contributed by atoms with Gasteiger partial charge in [0.2, 0.25) is 0 Å². The summed E-state index contributed by atoms with van der Waals surface area (Å²) in [5.74, 6) is 0.0608. The Labute approximate surface area is 255 Å². The number of nitrogens with zero attached hydrogens (tertiary/aromatic N) is 2. The second-order valence-electron chi connectivity index (χ2n) is 10.6. The molecule has 9 heteroatoms. The maximum Gasteiger partial charge on any atom is 0.333 e. The van der Waals surface area contributed by atoms with Crippen molar-refractivity contribution in [1.82, 2.24) is 0 Å². The Morgan fingerprint density at radius 3 is 2.14 bits per heavy atom. The maximum absolute atomic E-state index is 14.9. The summed E-state index contributed by atoms with van der Waals surface area (Å²) in [5, 5.41) is 1.77. The van der Waals surface area contributed by atoms with Gasteiger partial charge in [0.05, 0.1) is 35.9 Å². The fourth-order valence-electron chi connectivity index (χ4n) is 4.24. The van der Waals surface area contributed by atoms with Crippen LogP contribution >= 0.6 is 0 Å². The van der Waals surface area contributed by atoms with Crippen LogP contribution in [0.1, 0.15) is 52.4 Å². The van der Waals surface area contributed by atoms with E-state index in [4.69, 9.17) is 9.47 Å². The highest BCUT2D eigenvalue weighted by Crippen LogP contribution is 2.24. The first-order valence-corrected chi connectivity index (χ1v) is 15.0. The highest BCUT2D eigenvalue weighted by atomic mass is 19.1. The number of carbonyl (C=O) groups excluding carboxylic acids is 1. The number of unbranched alkanes of at least 4 members (excludes halogenated alkanes) is 5. The van der Waals surface area contributed by atoms with E-state index in [1.54, 1.807) is 24.1 Å². The van der Waals surface area contributed by atoms with Crippen molar-refractivity contribution in [3.05, 3.63) is 84.7 Å². The van der Waals surface area contributed by atoms with E-state index in [1.165, 1.54) is 38.2 Å². The Morgan fingerprint density at radius 1 is 0.837 bits per heavy atom. The smallest absolute Gasteiger partial charge is 0.333 e. The number of esters is 1. The van der Waals surface area contributed by atoms with Crippen LogP contribution in [0.3, 0.4) is 0 Å². The van der Waals surface area contributed by atoms with E-state index in [1.807, 2.05) is 67.5 Å². The van der Waals surface area contributed by atoms with Gasteiger partial charge in [0.1, 0.15) is 18.2 Å². The van der Waals surface area contributed by atoms with Gasteiger partial charge in [0.15, 0.2) is 0 Å². The minimum atomic E-state index is -0.388. The van der Waals surface area contributed by atoms with Crippen LogP contribution in [0.2, 0.25) is 0 Å². The fraction of sp³-hybridized carbons (Fsp3) is 0.382. The molecular weight excluding hydrogens is 545 g/mol. The molecule has 3 N–H and O–H groups in total. The molecule has 0 amide bonds. The van der Waals surface area contributed by atoms with Crippen molar-refractivity contribution in [2.45, 2.75) is 52.4 Å². The molecule has 232 valence electrons. The first-order chi connectivity index (χ1) is 20.8. The highest BCUT2D eigenvalue weighted by molar-refractivity contribution is 5.86. The molecule has 0 aliphatic rings. The number of carbonyl (C=O) groups is 1. The number of nitrogens with one attached hydrogen (secondary N) is 3. The molecule has 0 aromatic heterocycles. The Kier molecular flexibility index (Phi) is 13.5. The Hall–Kier alpha value is -4.40. The van der Waals surface area contributed by atoms with Gasteiger partial charge >= 0.3 is 5.97 Å². The van der Waals surface area contributed by atoms with Crippen LogP contribution in [-0.2, 0) is 9.53 Å². The van der Waals surface area contributed by atoms with Gasteiger partial charge in [-0.3, -0.25) is 10.4 Å². The maximum atomic E-state index is 14.9. The Bertz CT molecular complexity index is 1280. The molecule has 0 bridgehead atoms. The van der Waals surface area contributed by atoms with Crippen LogP contribution in [0.5, 0.6) is 5.75 Å². The first-order valence-electron chi connectivity index (χ1n) is 15.0. The van der Waals surface area contributed by atoms with Crippen LogP contribution in [0.15, 0.2) is 78.9 Å². The molecular formula is C34H46FN5O3. The average Bonchev–Trinajstić information content (AvgIpc) is 3.01. The SMILES string of the molecule is C=C(C)C(=O)OCCN(C)c1ccc(NNc2ccc(NN(C)c3ccc(OCCCCCCCC)cc3)c(F)c2)cc1. The van der Waals surface area contributed by atoms with Crippen molar-refractivity contribution < 1.29 is 18.7 Å². The Balaban J connectivity index is 1.42. The molecule has 0 spiro atoms. The summed E-state index contributed by atoms with van der Waals surface area (Å²) in [4.78, 5) is 13.5. The van der Waals surface area contributed by atoms with Gasteiger partial charge in [-0.05, 0) is 74.0 Å². The molecule has 3 rings (SSSR count). The molecule has 0 aliphatic carbocycles. The number of likely N-dealkylation sites (N-methyl/N-ethyl adjacent to an activating group) is 1. The summed E-state index contributed by atoms with van der Waals surface area (Å²) in [6.45, 7) is 8.98. The molecule has 3 aromatic carbocycles. The normalized spacial score (nSPS) is 10.5. The number of halogens is 1. The summed E-state index contributed by atoms with van der Waals surface area (Å²) in [6, 6.07) is 20.4. The predicted molar refractivity (Wildman–Crippen MR) is 176 cm³/mol. The van der Waals surface area contributed by atoms with Crippen LogP contribution < -0.4 is 30.9 Å². The van der Waals surface area contributed by atoms with Crippen LogP contribution in [-0.4, -0.2) is 39.8 Å². The molecule has 0 radical (unpaired) electrons. The molecule has 0 atom stereocenters. The molecule has 0 unspecified atom stereocenters. The van der Waals surface area contributed by atoms with Crippen molar-refractivity contribution >= 4 is 34.4 Å². The molecule has 8 nitrogen and oxygen atoms in total. The third-order valence-corrected chi connectivity index (χ3v) is 6.92. The molecule has 0 aliphatic heterocycles. The zero-order chi connectivity index (χ0) is 31.0. The van der Waals surface area contributed by atoms with Crippen molar-refractivity contribution in [3.63, 3.8) is 0 Å². The predicted octanol–water partition coefficient (Wildman–Crippen LogP) is 8.02. The van der Waals surface area contributed by atoms with E-state index >= 15 is 0 Å². The Morgan fingerprint density at radius 2 is 1.47 bits per heavy atom. The minimum absolute atomic E-state index is 0.274. The zero-order valence-electron chi connectivity index (χ0n) is 25.9. The lowest BCUT2D eigenvalue weighted by atomic mass is 10.1. The lowest BCUT2D eigenvalue weighted by Gasteiger charge is -2.22. The van der Waals surface area contributed by atoms with E-state index in [0.717, 1.165) is 35.8 Å². The van der Waals surface area contributed by atoms with Crippen LogP contribution in [0, 0.1) is 5.82 Å². The summed E-state index contributed by atoms with van der Waals surface area (Å²) in [5.41, 5.74) is 13.2. The van der Waals surface area contributed by atoms with Gasteiger partial charge < -0.3 is 25.2 Å². The summed E-state index contributed by atoms with van der Waals surface area (Å²) < 4.78 is 25.9. The number of ether oxygens (including phenoxy) is 2. The van der Waals surface area contributed by atoms with Crippen LogP contribution in [0.4, 0.5) is 32.8 Å².